The lowest BCUT2D eigenvalue weighted by Gasteiger charge is -2.06. The molecule has 0 aromatic heterocycles. The van der Waals surface area contributed by atoms with Gasteiger partial charge in [-0.2, -0.15) is 0 Å². The molecule has 2 aromatic carbocycles. The Morgan fingerprint density at radius 1 is 1.17 bits per heavy atom. The predicted molar refractivity (Wildman–Crippen MR) is 63.6 cm³/mol. The molecule has 2 aromatic rings. The Morgan fingerprint density at radius 2 is 1.89 bits per heavy atom. The highest BCUT2D eigenvalue weighted by atomic mass is 19.1. The van der Waals surface area contributed by atoms with Gasteiger partial charge in [-0.3, -0.25) is 0 Å². The lowest BCUT2D eigenvalue weighted by atomic mass is 10.2. The monoisotopic (exact) mass is 246 g/mol. The number of carbonyl (C=O) groups is 1. The summed E-state index contributed by atoms with van der Waals surface area (Å²) < 4.78 is 18.3. The largest absolute Gasteiger partial charge is 0.508 e. The van der Waals surface area contributed by atoms with E-state index in [2.05, 4.69) is 0 Å². The maximum absolute atomic E-state index is 13.3. The summed E-state index contributed by atoms with van der Waals surface area (Å²) in [6.07, 6.45) is 0. The molecule has 0 saturated heterocycles. The molecule has 3 nitrogen and oxygen atoms in total. The number of benzene rings is 2. The Balaban J connectivity index is 2.06. The second-order valence-electron chi connectivity index (χ2n) is 3.73. The molecule has 0 heterocycles. The molecule has 18 heavy (non-hydrogen) atoms. The van der Waals surface area contributed by atoms with Crippen molar-refractivity contribution in [1.82, 2.24) is 0 Å². The van der Waals surface area contributed by atoms with Crippen molar-refractivity contribution in [2.45, 2.75) is 6.61 Å². The van der Waals surface area contributed by atoms with E-state index in [-0.39, 0.29) is 17.9 Å². The molecule has 0 atom stereocenters. The van der Waals surface area contributed by atoms with Crippen LogP contribution < -0.4 is 0 Å². The lowest BCUT2D eigenvalue weighted by Crippen LogP contribution is -2.07. The minimum absolute atomic E-state index is 0.0643. The number of phenolic OH excluding ortho intramolecular Hbond substituents is 1. The van der Waals surface area contributed by atoms with Gasteiger partial charge in [-0.05, 0) is 23.8 Å². The van der Waals surface area contributed by atoms with Crippen LogP contribution in [0.1, 0.15) is 15.9 Å². The van der Waals surface area contributed by atoms with Crippen molar-refractivity contribution in [3.63, 3.8) is 0 Å². The number of rotatable bonds is 3. The van der Waals surface area contributed by atoms with Crippen LogP contribution in [0.2, 0.25) is 0 Å². The molecular weight excluding hydrogens is 235 g/mol. The summed E-state index contributed by atoms with van der Waals surface area (Å²) in [6.45, 7) is 0.0643. The molecule has 2 rings (SSSR count). The second-order valence-corrected chi connectivity index (χ2v) is 3.73. The Kier molecular flexibility index (Phi) is 3.57. The molecule has 0 unspecified atom stereocenters. The first-order chi connectivity index (χ1) is 8.66. The van der Waals surface area contributed by atoms with Crippen molar-refractivity contribution >= 4 is 5.97 Å². The number of ether oxygens (including phenoxy) is 1. The number of halogens is 1. The Bertz CT molecular complexity index is 552. The summed E-state index contributed by atoms with van der Waals surface area (Å²) in [6, 6.07) is 12.3. The van der Waals surface area contributed by atoms with E-state index in [4.69, 9.17) is 4.74 Å². The topological polar surface area (TPSA) is 46.5 Å². The van der Waals surface area contributed by atoms with Gasteiger partial charge in [-0.15, -0.1) is 0 Å². The van der Waals surface area contributed by atoms with Crippen molar-refractivity contribution in [2.24, 2.45) is 0 Å². The lowest BCUT2D eigenvalue weighted by molar-refractivity contribution is 0.0467. The zero-order valence-electron chi connectivity index (χ0n) is 9.47. The highest BCUT2D eigenvalue weighted by Crippen LogP contribution is 2.16. The fourth-order valence-corrected chi connectivity index (χ4v) is 1.47. The van der Waals surface area contributed by atoms with Crippen LogP contribution in [0.3, 0.4) is 0 Å². The molecule has 0 saturated carbocycles. The van der Waals surface area contributed by atoms with E-state index < -0.39 is 11.8 Å². The van der Waals surface area contributed by atoms with E-state index >= 15 is 0 Å². The standard InChI is InChI=1S/C14H11FO3/c15-13-7-6-11(16)8-12(13)14(17)18-9-10-4-2-1-3-5-10/h1-8,16H,9H2. The summed E-state index contributed by atoms with van der Waals surface area (Å²) in [5, 5.41) is 9.20. The number of phenols is 1. The number of hydrogen-bond donors (Lipinski definition) is 1. The van der Waals surface area contributed by atoms with Crippen LogP contribution in [-0.2, 0) is 11.3 Å². The summed E-state index contributed by atoms with van der Waals surface area (Å²) in [5.41, 5.74) is 0.539. The summed E-state index contributed by atoms with van der Waals surface area (Å²) in [4.78, 5) is 11.6. The molecule has 0 amide bonds. The van der Waals surface area contributed by atoms with Crippen molar-refractivity contribution in [3.8, 4) is 5.75 Å². The molecule has 0 bridgehead atoms. The van der Waals surface area contributed by atoms with E-state index in [9.17, 15) is 14.3 Å². The first-order valence-electron chi connectivity index (χ1n) is 5.36. The summed E-state index contributed by atoms with van der Waals surface area (Å²) >= 11 is 0. The van der Waals surface area contributed by atoms with Crippen molar-refractivity contribution < 1.29 is 19.0 Å². The van der Waals surface area contributed by atoms with Crippen LogP contribution in [0.4, 0.5) is 4.39 Å². The smallest absolute Gasteiger partial charge is 0.341 e. The van der Waals surface area contributed by atoms with Crippen molar-refractivity contribution in [2.75, 3.05) is 0 Å². The van der Waals surface area contributed by atoms with Gasteiger partial charge in [0.15, 0.2) is 0 Å². The maximum Gasteiger partial charge on any atom is 0.341 e. The first-order valence-corrected chi connectivity index (χ1v) is 5.36. The molecule has 92 valence electrons. The van der Waals surface area contributed by atoms with Gasteiger partial charge in [0.05, 0.1) is 5.56 Å². The molecule has 4 heteroatoms. The average Bonchev–Trinajstić information content (AvgIpc) is 2.40. The SMILES string of the molecule is O=C(OCc1ccccc1)c1cc(O)ccc1F. The summed E-state index contributed by atoms with van der Waals surface area (Å²) in [5.74, 6) is -1.69. The Morgan fingerprint density at radius 3 is 2.61 bits per heavy atom. The number of aromatic hydroxyl groups is 1. The first kappa shape index (κ1) is 12.1. The Hall–Kier alpha value is -2.36. The third-order valence-corrected chi connectivity index (χ3v) is 2.38. The van der Waals surface area contributed by atoms with Gasteiger partial charge in [0.1, 0.15) is 18.2 Å². The van der Waals surface area contributed by atoms with E-state index in [0.29, 0.717) is 0 Å². The third kappa shape index (κ3) is 2.85. The van der Waals surface area contributed by atoms with Gasteiger partial charge in [0.2, 0.25) is 0 Å². The van der Waals surface area contributed by atoms with Gasteiger partial charge < -0.3 is 9.84 Å². The van der Waals surface area contributed by atoms with Crippen molar-refractivity contribution in [1.29, 1.82) is 0 Å². The third-order valence-electron chi connectivity index (χ3n) is 2.38. The molecule has 0 aliphatic rings. The predicted octanol–water partition coefficient (Wildman–Crippen LogP) is 2.89. The average molecular weight is 246 g/mol. The van der Waals surface area contributed by atoms with E-state index in [1.807, 2.05) is 18.2 Å². The highest BCUT2D eigenvalue weighted by Gasteiger charge is 2.13. The molecule has 0 aliphatic carbocycles. The Labute approximate surface area is 103 Å². The normalized spacial score (nSPS) is 10.1. The zero-order valence-corrected chi connectivity index (χ0v) is 9.47. The van der Waals surface area contributed by atoms with Crippen LogP contribution in [0.15, 0.2) is 48.5 Å². The molecule has 0 spiro atoms. The van der Waals surface area contributed by atoms with Crippen molar-refractivity contribution in [3.05, 3.63) is 65.5 Å². The molecular formula is C14H11FO3. The van der Waals surface area contributed by atoms with Crippen LogP contribution in [0, 0.1) is 5.82 Å². The van der Waals surface area contributed by atoms with Crippen LogP contribution in [-0.4, -0.2) is 11.1 Å². The van der Waals surface area contributed by atoms with Crippen LogP contribution >= 0.6 is 0 Å². The van der Waals surface area contributed by atoms with E-state index in [0.717, 1.165) is 17.7 Å². The van der Waals surface area contributed by atoms with Gasteiger partial charge in [0, 0.05) is 0 Å². The molecule has 0 fully saturated rings. The highest BCUT2D eigenvalue weighted by molar-refractivity contribution is 5.90. The van der Waals surface area contributed by atoms with E-state index in [1.54, 1.807) is 12.1 Å². The van der Waals surface area contributed by atoms with Crippen LogP contribution in [0.5, 0.6) is 5.75 Å². The minimum Gasteiger partial charge on any atom is -0.508 e. The number of hydrogen-bond acceptors (Lipinski definition) is 3. The number of carbonyl (C=O) groups excluding carboxylic acids is 1. The minimum atomic E-state index is -0.799. The molecule has 0 aliphatic heterocycles. The van der Waals surface area contributed by atoms with E-state index in [1.165, 1.54) is 6.07 Å². The van der Waals surface area contributed by atoms with Gasteiger partial charge in [-0.25, -0.2) is 9.18 Å². The molecule has 0 radical (unpaired) electrons. The molecule has 1 N–H and O–H groups in total. The maximum atomic E-state index is 13.3. The fraction of sp³-hybridized carbons (Fsp3) is 0.0714. The summed E-state index contributed by atoms with van der Waals surface area (Å²) in [7, 11) is 0. The van der Waals surface area contributed by atoms with Gasteiger partial charge in [-0.1, -0.05) is 30.3 Å². The van der Waals surface area contributed by atoms with Gasteiger partial charge in [0.25, 0.3) is 0 Å². The number of esters is 1. The second kappa shape index (κ2) is 5.31. The van der Waals surface area contributed by atoms with Gasteiger partial charge >= 0.3 is 5.97 Å². The quantitative estimate of drug-likeness (QED) is 0.847. The zero-order chi connectivity index (χ0) is 13.0. The van der Waals surface area contributed by atoms with Crippen LogP contribution in [0.25, 0.3) is 0 Å². The fourth-order valence-electron chi connectivity index (χ4n) is 1.47.